The van der Waals surface area contributed by atoms with Crippen LogP contribution in [0.4, 0.5) is 5.82 Å². The first-order valence-electron chi connectivity index (χ1n) is 6.20. The van der Waals surface area contributed by atoms with Gasteiger partial charge in [0.25, 0.3) is 0 Å². The van der Waals surface area contributed by atoms with Crippen molar-refractivity contribution in [3.63, 3.8) is 0 Å². The van der Waals surface area contributed by atoms with E-state index in [1.54, 1.807) is 19.0 Å². The van der Waals surface area contributed by atoms with Gasteiger partial charge in [0.1, 0.15) is 5.82 Å². The molecule has 1 heterocycles. The Balaban J connectivity index is 3.02. The Morgan fingerprint density at radius 3 is 2.50 bits per heavy atom. The summed E-state index contributed by atoms with van der Waals surface area (Å²) >= 11 is 6.07. The molecule has 0 aliphatic heterocycles. The molecule has 20 heavy (non-hydrogen) atoms. The van der Waals surface area contributed by atoms with Crippen LogP contribution in [0.25, 0.3) is 0 Å². The van der Waals surface area contributed by atoms with Crippen LogP contribution in [0.5, 0.6) is 0 Å². The summed E-state index contributed by atoms with van der Waals surface area (Å²) in [4.78, 5) is 30.0. The number of carbonyl (C=O) groups excluding carboxylic acids is 1. The second-order valence-electron chi connectivity index (χ2n) is 4.54. The number of aromatic carboxylic acids is 1. The highest BCUT2D eigenvalue weighted by Crippen LogP contribution is 2.24. The number of likely N-dealkylation sites (N-methyl/N-ethyl adjacent to an activating group) is 1. The second kappa shape index (κ2) is 7.09. The van der Waals surface area contributed by atoms with Gasteiger partial charge in [0.15, 0.2) is 0 Å². The zero-order valence-electron chi connectivity index (χ0n) is 11.8. The number of halogens is 1. The smallest absolute Gasteiger partial charge is 0.337 e. The van der Waals surface area contributed by atoms with Crippen molar-refractivity contribution >= 4 is 29.3 Å². The third-order valence-electron chi connectivity index (χ3n) is 2.69. The Kier molecular flexibility index (Phi) is 5.76. The van der Waals surface area contributed by atoms with Crippen LogP contribution in [0.15, 0.2) is 12.3 Å². The molecule has 1 N–H and O–H groups in total. The molecule has 0 aliphatic carbocycles. The first kappa shape index (κ1) is 16.2. The van der Waals surface area contributed by atoms with Crippen molar-refractivity contribution in [1.29, 1.82) is 0 Å². The summed E-state index contributed by atoms with van der Waals surface area (Å²) < 4.78 is 0. The molecule has 0 aromatic carbocycles. The van der Waals surface area contributed by atoms with Crippen molar-refractivity contribution in [2.24, 2.45) is 0 Å². The van der Waals surface area contributed by atoms with E-state index in [9.17, 15) is 9.59 Å². The van der Waals surface area contributed by atoms with E-state index < -0.39 is 5.97 Å². The highest BCUT2D eigenvalue weighted by molar-refractivity contribution is 6.33. The normalized spacial score (nSPS) is 10.2. The number of aromatic nitrogens is 1. The molecule has 0 saturated heterocycles. The molecule has 7 heteroatoms. The van der Waals surface area contributed by atoms with Crippen molar-refractivity contribution in [2.45, 2.75) is 13.3 Å². The van der Waals surface area contributed by atoms with Crippen LogP contribution in [0, 0.1) is 0 Å². The molecule has 6 nitrogen and oxygen atoms in total. The average Bonchev–Trinajstić information content (AvgIpc) is 2.37. The quantitative estimate of drug-likeness (QED) is 0.866. The lowest BCUT2D eigenvalue weighted by Gasteiger charge is -2.25. The molecular formula is C13H18ClN3O3. The number of pyridine rings is 1. The summed E-state index contributed by atoms with van der Waals surface area (Å²) in [5.41, 5.74) is 0.0223. The average molecular weight is 300 g/mol. The van der Waals surface area contributed by atoms with E-state index in [2.05, 4.69) is 4.98 Å². The molecule has 0 saturated carbocycles. The second-order valence-corrected chi connectivity index (χ2v) is 4.95. The Morgan fingerprint density at radius 1 is 1.40 bits per heavy atom. The molecule has 0 bridgehead atoms. The van der Waals surface area contributed by atoms with Crippen LogP contribution in [0.3, 0.4) is 0 Å². The number of nitrogens with zero attached hydrogens (tertiary/aromatic N) is 3. The number of amides is 1. The molecule has 0 aliphatic rings. The van der Waals surface area contributed by atoms with Gasteiger partial charge in [-0.25, -0.2) is 9.78 Å². The summed E-state index contributed by atoms with van der Waals surface area (Å²) in [6, 6.07) is 1.34. The predicted molar refractivity (Wildman–Crippen MR) is 77.4 cm³/mol. The minimum atomic E-state index is -1.09. The Bertz CT molecular complexity index is 506. The molecule has 0 atom stereocenters. The SMILES string of the molecule is CCCN(CC(=O)N(C)C)c1ncc(C(=O)O)cc1Cl. The van der Waals surface area contributed by atoms with Crippen molar-refractivity contribution in [1.82, 2.24) is 9.88 Å². The van der Waals surface area contributed by atoms with Gasteiger partial charge in [0.2, 0.25) is 5.91 Å². The third kappa shape index (κ3) is 4.09. The van der Waals surface area contributed by atoms with Gasteiger partial charge in [-0.05, 0) is 12.5 Å². The molecule has 1 aromatic heterocycles. The van der Waals surface area contributed by atoms with Crippen molar-refractivity contribution in [3.8, 4) is 0 Å². The van der Waals surface area contributed by atoms with E-state index in [4.69, 9.17) is 16.7 Å². The number of carboxylic acids is 1. The Hall–Kier alpha value is -1.82. The van der Waals surface area contributed by atoms with Crippen LogP contribution >= 0.6 is 11.6 Å². The third-order valence-corrected chi connectivity index (χ3v) is 2.96. The molecule has 0 radical (unpaired) electrons. The van der Waals surface area contributed by atoms with Crippen molar-refractivity contribution in [2.75, 3.05) is 32.1 Å². The predicted octanol–water partition coefficient (Wildman–Crippen LogP) is 1.74. The summed E-state index contributed by atoms with van der Waals surface area (Å²) in [6.07, 6.45) is 2.06. The van der Waals surface area contributed by atoms with Gasteiger partial charge in [-0.3, -0.25) is 4.79 Å². The maximum absolute atomic E-state index is 11.8. The summed E-state index contributed by atoms with van der Waals surface area (Å²) in [7, 11) is 3.35. The molecule has 110 valence electrons. The number of carbonyl (C=O) groups is 2. The summed E-state index contributed by atoms with van der Waals surface area (Å²) in [5.74, 6) is -0.732. The topological polar surface area (TPSA) is 73.7 Å². The first-order valence-corrected chi connectivity index (χ1v) is 6.58. The van der Waals surface area contributed by atoms with E-state index >= 15 is 0 Å². The fourth-order valence-electron chi connectivity index (χ4n) is 1.61. The van der Waals surface area contributed by atoms with Gasteiger partial charge in [-0.15, -0.1) is 0 Å². The maximum Gasteiger partial charge on any atom is 0.337 e. The standard InChI is InChI=1S/C13H18ClN3O3/c1-4-5-17(8-11(18)16(2)3)12-10(14)6-9(7-15-12)13(19)20/h6-7H,4-5,8H2,1-3H3,(H,19,20). The van der Waals surface area contributed by atoms with Gasteiger partial charge in [-0.1, -0.05) is 18.5 Å². The summed E-state index contributed by atoms with van der Waals surface area (Å²) in [6.45, 7) is 2.74. The monoisotopic (exact) mass is 299 g/mol. The Labute approximate surface area is 123 Å². The molecule has 1 aromatic rings. The molecule has 0 spiro atoms. The zero-order valence-corrected chi connectivity index (χ0v) is 12.5. The van der Waals surface area contributed by atoms with E-state index in [1.807, 2.05) is 6.92 Å². The van der Waals surface area contributed by atoms with Crippen LogP contribution in [-0.4, -0.2) is 54.1 Å². The van der Waals surface area contributed by atoms with Gasteiger partial charge < -0.3 is 14.9 Å². The lowest BCUT2D eigenvalue weighted by Crippen LogP contribution is -2.37. The van der Waals surface area contributed by atoms with Crippen molar-refractivity contribution < 1.29 is 14.7 Å². The molecular weight excluding hydrogens is 282 g/mol. The Morgan fingerprint density at radius 2 is 2.05 bits per heavy atom. The molecule has 1 amide bonds. The highest BCUT2D eigenvalue weighted by atomic mass is 35.5. The lowest BCUT2D eigenvalue weighted by atomic mass is 10.2. The lowest BCUT2D eigenvalue weighted by molar-refractivity contribution is -0.127. The van der Waals surface area contributed by atoms with E-state index in [0.717, 1.165) is 6.42 Å². The minimum Gasteiger partial charge on any atom is -0.478 e. The first-order chi connectivity index (χ1) is 9.36. The fourth-order valence-corrected chi connectivity index (χ4v) is 1.90. The highest BCUT2D eigenvalue weighted by Gasteiger charge is 2.17. The van der Waals surface area contributed by atoms with Gasteiger partial charge in [0.05, 0.1) is 17.1 Å². The van der Waals surface area contributed by atoms with Crippen molar-refractivity contribution in [3.05, 3.63) is 22.8 Å². The number of hydrogen-bond acceptors (Lipinski definition) is 4. The van der Waals surface area contributed by atoms with Gasteiger partial charge in [0, 0.05) is 26.8 Å². The largest absolute Gasteiger partial charge is 0.478 e. The zero-order chi connectivity index (χ0) is 15.3. The molecule has 0 unspecified atom stereocenters. The number of rotatable bonds is 6. The van der Waals surface area contributed by atoms with E-state index in [1.165, 1.54) is 17.2 Å². The van der Waals surface area contributed by atoms with E-state index in [0.29, 0.717) is 12.4 Å². The number of carboxylic acid groups (broad SMARTS) is 1. The molecule has 1 rings (SSSR count). The maximum atomic E-state index is 11.8. The molecule has 0 fully saturated rings. The van der Waals surface area contributed by atoms with Crippen LogP contribution in [0.1, 0.15) is 23.7 Å². The van der Waals surface area contributed by atoms with E-state index in [-0.39, 0.29) is 23.0 Å². The van der Waals surface area contributed by atoms with Crippen LogP contribution in [-0.2, 0) is 4.79 Å². The van der Waals surface area contributed by atoms with Crippen LogP contribution in [0.2, 0.25) is 5.02 Å². The van der Waals surface area contributed by atoms with Gasteiger partial charge in [-0.2, -0.15) is 0 Å². The van der Waals surface area contributed by atoms with Gasteiger partial charge >= 0.3 is 5.97 Å². The fraction of sp³-hybridized carbons (Fsp3) is 0.462. The van der Waals surface area contributed by atoms with Crippen LogP contribution < -0.4 is 4.90 Å². The summed E-state index contributed by atoms with van der Waals surface area (Å²) in [5, 5.41) is 9.11. The minimum absolute atomic E-state index is 0.0223. The number of hydrogen-bond donors (Lipinski definition) is 1. The number of anilines is 1.